The van der Waals surface area contributed by atoms with Gasteiger partial charge in [-0.25, -0.2) is 13.1 Å². The van der Waals surface area contributed by atoms with Crippen LogP contribution in [0, 0.1) is 13.8 Å². The summed E-state index contributed by atoms with van der Waals surface area (Å²) in [7, 11) is -0.458. The van der Waals surface area contributed by atoms with Crippen molar-refractivity contribution in [2.24, 2.45) is 0 Å². The lowest BCUT2D eigenvalue weighted by Crippen LogP contribution is -2.29. The molecule has 0 amide bonds. The van der Waals surface area contributed by atoms with E-state index in [9.17, 15) is 8.42 Å². The molecule has 0 atom stereocenters. The van der Waals surface area contributed by atoms with E-state index in [2.05, 4.69) is 4.72 Å². The van der Waals surface area contributed by atoms with Crippen molar-refractivity contribution in [1.82, 2.24) is 4.72 Å². The van der Waals surface area contributed by atoms with Gasteiger partial charge in [-0.1, -0.05) is 0 Å². The number of hydrogen-bond acceptors (Lipinski definition) is 5. The minimum Gasteiger partial charge on any atom is -0.497 e. The Morgan fingerprint density at radius 1 is 0.880 bits per heavy atom. The van der Waals surface area contributed by atoms with Crippen LogP contribution in [-0.2, 0) is 10.0 Å². The van der Waals surface area contributed by atoms with Crippen molar-refractivity contribution in [3.63, 3.8) is 0 Å². The molecule has 136 valence electrons. The number of sulfonamides is 1. The Balaban J connectivity index is 1.96. The second-order valence-corrected chi connectivity index (χ2v) is 7.17. The van der Waals surface area contributed by atoms with E-state index in [1.165, 1.54) is 0 Å². The van der Waals surface area contributed by atoms with Gasteiger partial charge in [0.15, 0.2) is 0 Å². The van der Waals surface area contributed by atoms with E-state index < -0.39 is 10.0 Å². The first-order valence-corrected chi connectivity index (χ1v) is 9.28. The zero-order chi connectivity index (χ0) is 18.4. The molecule has 0 heterocycles. The molecule has 6 nitrogen and oxygen atoms in total. The number of hydrogen-bond donors (Lipinski definition) is 1. The number of ether oxygens (including phenoxy) is 3. The number of methoxy groups -OCH3 is 2. The second kappa shape index (κ2) is 8.22. The molecule has 0 unspecified atom stereocenters. The van der Waals surface area contributed by atoms with Crippen molar-refractivity contribution in [3.8, 4) is 17.2 Å². The molecule has 0 saturated carbocycles. The minimum atomic E-state index is -3.61. The van der Waals surface area contributed by atoms with E-state index in [0.29, 0.717) is 17.1 Å². The third-order valence-corrected chi connectivity index (χ3v) is 5.52. The summed E-state index contributed by atoms with van der Waals surface area (Å²) in [5.74, 6) is 2.05. The summed E-state index contributed by atoms with van der Waals surface area (Å²) < 4.78 is 43.3. The van der Waals surface area contributed by atoms with Gasteiger partial charge in [-0.2, -0.15) is 0 Å². The molecule has 0 bridgehead atoms. The quantitative estimate of drug-likeness (QED) is 0.728. The van der Waals surface area contributed by atoms with E-state index in [-0.39, 0.29) is 18.0 Å². The lowest BCUT2D eigenvalue weighted by Gasteiger charge is -2.14. The first kappa shape index (κ1) is 19.1. The minimum absolute atomic E-state index is 0.166. The molecule has 2 aromatic rings. The summed E-state index contributed by atoms with van der Waals surface area (Å²) in [6, 6.07) is 10.3. The third kappa shape index (κ3) is 4.64. The first-order chi connectivity index (χ1) is 11.9. The summed E-state index contributed by atoms with van der Waals surface area (Å²) in [6.07, 6.45) is 0. The molecule has 0 radical (unpaired) electrons. The molecule has 0 aliphatic heterocycles. The number of benzene rings is 2. The van der Waals surface area contributed by atoms with Crippen molar-refractivity contribution in [2.45, 2.75) is 18.7 Å². The molecule has 0 saturated heterocycles. The Bertz CT molecular complexity index is 816. The number of nitrogens with one attached hydrogen (secondary N) is 1. The van der Waals surface area contributed by atoms with Crippen molar-refractivity contribution in [2.75, 3.05) is 27.4 Å². The Kier molecular flexibility index (Phi) is 6.27. The smallest absolute Gasteiger partial charge is 0.240 e. The monoisotopic (exact) mass is 365 g/mol. The van der Waals surface area contributed by atoms with Crippen LogP contribution in [0.4, 0.5) is 0 Å². The van der Waals surface area contributed by atoms with Crippen LogP contribution in [0.3, 0.4) is 0 Å². The van der Waals surface area contributed by atoms with Gasteiger partial charge in [-0.05, 0) is 61.4 Å². The second-order valence-electron chi connectivity index (χ2n) is 5.44. The topological polar surface area (TPSA) is 73.9 Å². The lowest BCUT2D eigenvalue weighted by molar-refractivity contribution is 0.322. The Morgan fingerprint density at radius 3 is 2.12 bits per heavy atom. The summed E-state index contributed by atoms with van der Waals surface area (Å²) in [5.41, 5.74) is 1.47. The molecule has 2 aromatic carbocycles. The molecule has 0 aliphatic carbocycles. The highest BCUT2D eigenvalue weighted by molar-refractivity contribution is 7.89. The maximum absolute atomic E-state index is 12.5. The van der Waals surface area contributed by atoms with E-state index >= 15 is 0 Å². The van der Waals surface area contributed by atoms with Crippen LogP contribution < -0.4 is 18.9 Å². The maximum atomic E-state index is 12.5. The van der Waals surface area contributed by atoms with E-state index in [1.54, 1.807) is 57.5 Å². The Labute approximate surface area is 148 Å². The van der Waals surface area contributed by atoms with Crippen LogP contribution in [0.2, 0.25) is 0 Å². The Morgan fingerprint density at radius 2 is 1.52 bits per heavy atom. The van der Waals surface area contributed by atoms with E-state index in [1.807, 2.05) is 6.92 Å². The highest BCUT2D eigenvalue weighted by atomic mass is 32.2. The van der Waals surface area contributed by atoms with Gasteiger partial charge in [-0.15, -0.1) is 0 Å². The van der Waals surface area contributed by atoms with Crippen LogP contribution >= 0.6 is 0 Å². The SMILES string of the molecule is COc1ccc(OCCNS(=O)(=O)c2ccc(OC)c(C)c2C)cc1. The third-order valence-electron chi connectivity index (χ3n) is 3.92. The fourth-order valence-electron chi connectivity index (χ4n) is 2.38. The van der Waals surface area contributed by atoms with Gasteiger partial charge in [-0.3, -0.25) is 0 Å². The summed E-state index contributed by atoms with van der Waals surface area (Å²) in [5, 5.41) is 0. The van der Waals surface area contributed by atoms with Gasteiger partial charge in [0.05, 0.1) is 19.1 Å². The van der Waals surface area contributed by atoms with Crippen molar-refractivity contribution in [3.05, 3.63) is 47.5 Å². The standard InChI is InChI=1S/C18H23NO5S/c1-13-14(2)18(10-9-17(13)23-4)25(20,21)19-11-12-24-16-7-5-15(22-3)6-8-16/h5-10,19H,11-12H2,1-4H3. The zero-order valence-electron chi connectivity index (χ0n) is 14.8. The highest BCUT2D eigenvalue weighted by Crippen LogP contribution is 2.26. The van der Waals surface area contributed by atoms with Crippen LogP contribution in [0.1, 0.15) is 11.1 Å². The van der Waals surface area contributed by atoms with Crippen molar-refractivity contribution < 1.29 is 22.6 Å². The summed E-state index contributed by atoms with van der Waals surface area (Å²) in [6.45, 7) is 3.98. The van der Waals surface area contributed by atoms with Crippen LogP contribution in [-0.4, -0.2) is 35.8 Å². The molecule has 7 heteroatoms. The molecule has 0 aromatic heterocycles. The van der Waals surface area contributed by atoms with E-state index in [0.717, 1.165) is 11.3 Å². The largest absolute Gasteiger partial charge is 0.497 e. The average Bonchev–Trinajstić information content (AvgIpc) is 2.61. The predicted molar refractivity (Wildman–Crippen MR) is 96.1 cm³/mol. The van der Waals surface area contributed by atoms with Crippen LogP contribution in [0.5, 0.6) is 17.2 Å². The van der Waals surface area contributed by atoms with Gasteiger partial charge in [0.2, 0.25) is 10.0 Å². The van der Waals surface area contributed by atoms with Crippen molar-refractivity contribution >= 4 is 10.0 Å². The van der Waals surface area contributed by atoms with Crippen LogP contribution in [0.25, 0.3) is 0 Å². The molecule has 0 aliphatic rings. The predicted octanol–water partition coefficient (Wildman–Crippen LogP) is 2.68. The molecule has 2 rings (SSSR count). The molecule has 0 spiro atoms. The van der Waals surface area contributed by atoms with Crippen molar-refractivity contribution in [1.29, 1.82) is 0 Å². The maximum Gasteiger partial charge on any atom is 0.240 e. The van der Waals surface area contributed by atoms with Gasteiger partial charge in [0.25, 0.3) is 0 Å². The molecule has 1 N–H and O–H groups in total. The molecular formula is C18H23NO5S. The molecule has 25 heavy (non-hydrogen) atoms. The van der Waals surface area contributed by atoms with Gasteiger partial charge in [0, 0.05) is 6.54 Å². The zero-order valence-corrected chi connectivity index (χ0v) is 15.6. The lowest BCUT2D eigenvalue weighted by atomic mass is 10.1. The molecule has 0 fully saturated rings. The average molecular weight is 365 g/mol. The van der Waals surface area contributed by atoms with E-state index in [4.69, 9.17) is 14.2 Å². The highest BCUT2D eigenvalue weighted by Gasteiger charge is 2.19. The number of rotatable bonds is 8. The normalized spacial score (nSPS) is 11.2. The van der Waals surface area contributed by atoms with Gasteiger partial charge >= 0.3 is 0 Å². The summed E-state index contributed by atoms with van der Waals surface area (Å²) >= 11 is 0. The van der Waals surface area contributed by atoms with Crippen LogP contribution in [0.15, 0.2) is 41.3 Å². The fraction of sp³-hybridized carbons (Fsp3) is 0.333. The molecular weight excluding hydrogens is 342 g/mol. The fourth-order valence-corrected chi connectivity index (χ4v) is 3.69. The summed E-state index contributed by atoms with van der Waals surface area (Å²) in [4.78, 5) is 0.246. The Hall–Kier alpha value is -2.25. The van der Waals surface area contributed by atoms with Gasteiger partial charge in [0.1, 0.15) is 23.9 Å². The first-order valence-electron chi connectivity index (χ1n) is 7.79. The van der Waals surface area contributed by atoms with Gasteiger partial charge < -0.3 is 14.2 Å².